The van der Waals surface area contributed by atoms with Crippen molar-refractivity contribution < 1.29 is 14.3 Å². The first-order valence-corrected chi connectivity index (χ1v) is 7.43. The summed E-state index contributed by atoms with van der Waals surface area (Å²) in [5.41, 5.74) is 3.26. The Hall–Kier alpha value is -2.88. The van der Waals surface area contributed by atoms with Gasteiger partial charge in [-0.3, -0.25) is 0 Å². The number of esters is 1. The molecule has 0 aliphatic rings. The van der Waals surface area contributed by atoms with Crippen molar-refractivity contribution in [1.29, 1.82) is 0 Å². The number of benzene rings is 2. The molecule has 116 valence electrons. The molecule has 0 bridgehead atoms. The lowest BCUT2D eigenvalue weighted by Gasteiger charge is -2.06. The SMILES string of the molecule is CCOC(=O)c1ccc(-c2ccc3cc(OC)ccc3n2)cc1. The van der Waals surface area contributed by atoms with Crippen molar-refractivity contribution in [3.63, 3.8) is 0 Å². The molecular formula is C19H17NO3. The van der Waals surface area contributed by atoms with E-state index in [1.165, 1.54) is 0 Å². The van der Waals surface area contributed by atoms with Crippen LogP contribution < -0.4 is 4.74 Å². The first-order chi connectivity index (χ1) is 11.2. The Kier molecular flexibility index (Phi) is 4.24. The third-order valence-electron chi connectivity index (χ3n) is 3.59. The summed E-state index contributed by atoms with van der Waals surface area (Å²) >= 11 is 0. The Morgan fingerprint density at radius 2 is 1.83 bits per heavy atom. The number of aromatic nitrogens is 1. The van der Waals surface area contributed by atoms with Gasteiger partial charge in [0.25, 0.3) is 0 Å². The van der Waals surface area contributed by atoms with Crippen molar-refractivity contribution in [2.45, 2.75) is 6.92 Å². The largest absolute Gasteiger partial charge is 0.497 e. The Morgan fingerprint density at radius 1 is 1.04 bits per heavy atom. The molecule has 0 fully saturated rings. The molecule has 0 unspecified atom stereocenters. The average molecular weight is 307 g/mol. The van der Waals surface area contributed by atoms with Crippen LogP contribution in [0.2, 0.25) is 0 Å². The third-order valence-corrected chi connectivity index (χ3v) is 3.59. The number of hydrogen-bond acceptors (Lipinski definition) is 4. The molecule has 4 heteroatoms. The lowest BCUT2D eigenvalue weighted by molar-refractivity contribution is 0.0526. The van der Waals surface area contributed by atoms with Gasteiger partial charge in [0.05, 0.1) is 30.5 Å². The molecular weight excluding hydrogens is 290 g/mol. The van der Waals surface area contributed by atoms with Crippen LogP contribution in [0, 0.1) is 0 Å². The van der Waals surface area contributed by atoms with Crippen molar-refractivity contribution in [2.24, 2.45) is 0 Å². The van der Waals surface area contributed by atoms with Crippen molar-refractivity contribution in [3.05, 3.63) is 60.2 Å². The number of rotatable bonds is 4. The lowest BCUT2D eigenvalue weighted by Crippen LogP contribution is -2.04. The molecule has 0 saturated heterocycles. The molecule has 3 aromatic rings. The number of ether oxygens (including phenoxy) is 2. The van der Waals surface area contributed by atoms with Crippen molar-refractivity contribution in [3.8, 4) is 17.0 Å². The van der Waals surface area contributed by atoms with Crippen LogP contribution in [0.1, 0.15) is 17.3 Å². The van der Waals surface area contributed by atoms with Gasteiger partial charge in [0.1, 0.15) is 5.75 Å². The monoisotopic (exact) mass is 307 g/mol. The second-order valence-electron chi connectivity index (χ2n) is 5.05. The van der Waals surface area contributed by atoms with Gasteiger partial charge < -0.3 is 9.47 Å². The van der Waals surface area contributed by atoms with Gasteiger partial charge in [-0.1, -0.05) is 18.2 Å². The van der Waals surface area contributed by atoms with Gasteiger partial charge in [-0.05, 0) is 43.3 Å². The number of nitrogens with zero attached hydrogens (tertiary/aromatic N) is 1. The summed E-state index contributed by atoms with van der Waals surface area (Å²) in [5.74, 6) is 0.503. The van der Waals surface area contributed by atoms with E-state index in [0.29, 0.717) is 12.2 Å². The molecule has 4 nitrogen and oxygen atoms in total. The van der Waals surface area contributed by atoms with E-state index in [0.717, 1.165) is 27.9 Å². The van der Waals surface area contributed by atoms with Crippen LogP contribution in [0.25, 0.3) is 22.2 Å². The Balaban J connectivity index is 1.92. The Bertz CT molecular complexity index is 841. The van der Waals surface area contributed by atoms with E-state index in [2.05, 4.69) is 4.98 Å². The maximum atomic E-state index is 11.7. The first kappa shape index (κ1) is 15.0. The highest BCUT2D eigenvalue weighted by Crippen LogP contribution is 2.24. The first-order valence-electron chi connectivity index (χ1n) is 7.43. The van der Waals surface area contributed by atoms with E-state index < -0.39 is 0 Å². The standard InChI is InChI=1S/C19H17NO3/c1-3-23-19(21)14-6-4-13(5-7-14)17-10-8-15-12-16(22-2)9-11-18(15)20-17/h4-12H,3H2,1-2H3. The Morgan fingerprint density at radius 3 is 2.52 bits per heavy atom. The maximum absolute atomic E-state index is 11.7. The highest BCUT2D eigenvalue weighted by atomic mass is 16.5. The molecule has 1 heterocycles. The van der Waals surface area contributed by atoms with Gasteiger partial charge >= 0.3 is 5.97 Å². The Labute approximate surface area is 134 Å². The molecule has 0 spiro atoms. The minimum Gasteiger partial charge on any atom is -0.497 e. The smallest absolute Gasteiger partial charge is 0.338 e. The van der Waals surface area contributed by atoms with Crippen molar-refractivity contribution in [1.82, 2.24) is 4.98 Å². The van der Waals surface area contributed by atoms with E-state index in [1.807, 2.05) is 42.5 Å². The van der Waals surface area contributed by atoms with Gasteiger partial charge in [-0.15, -0.1) is 0 Å². The molecule has 0 radical (unpaired) electrons. The average Bonchev–Trinajstić information content (AvgIpc) is 2.61. The summed E-state index contributed by atoms with van der Waals surface area (Å²) in [6.07, 6.45) is 0. The fourth-order valence-electron chi connectivity index (χ4n) is 2.38. The van der Waals surface area contributed by atoms with E-state index >= 15 is 0 Å². The van der Waals surface area contributed by atoms with E-state index in [-0.39, 0.29) is 5.97 Å². The quantitative estimate of drug-likeness (QED) is 0.681. The molecule has 0 aliphatic carbocycles. The number of carbonyl (C=O) groups is 1. The maximum Gasteiger partial charge on any atom is 0.338 e. The second kappa shape index (κ2) is 6.48. The fourth-order valence-corrected chi connectivity index (χ4v) is 2.38. The van der Waals surface area contributed by atoms with Crippen LogP contribution in [0.3, 0.4) is 0 Å². The topological polar surface area (TPSA) is 48.4 Å². The number of fused-ring (bicyclic) bond motifs is 1. The van der Waals surface area contributed by atoms with Gasteiger partial charge in [0, 0.05) is 10.9 Å². The molecule has 0 atom stereocenters. The van der Waals surface area contributed by atoms with Crippen molar-refractivity contribution >= 4 is 16.9 Å². The molecule has 2 aromatic carbocycles. The summed E-state index contributed by atoms with van der Waals surface area (Å²) in [7, 11) is 1.65. The zero-order chi connectivity index (χ0) is 16.2. The van der Waals surface area contributed by atoms with Crippen LogP contribution in [0.4, 0.5) is 0 Å². The van der Waals surface area contributed by atoms with Crippen LogP contribution in [0.15, 0.2) is 54.6 Å². The molecule has 0 saturated carbocycles. The fraction of sp³-hybridized carbons (Fsp3) is 0.158. The summed E-state index contributed by atoms with van der Waals surface area (Å²) in [6, 6.07) is 17.0. The normalized spacial score (nSPS) is 10.5. The molecule has 0 N–H and O–H groups in total. The zero-order valence-corrected chi connectivity index (χ0v) is 13.1. The molecule has 1 aromatic heterocycles. The molecule has 3 rings (SSSR count). The highest BCUT2D eigenvalue weighted by molar-refractivity contribution is 5.90. The number of carbonyl (C=O) groups excluding carboxylic acids is 1. The number of pyridine rings is 1. The van der Waals surface area contributed by atoms with Gasteiger partial charge in [0.2, 0.25) is 0 Å². The predicted octanol–water partition coefficient (Wildman–Crippen LogP) is 4.09. The van der Waals surface area contributed by atoms with Crippen molar-refractivity contribution in [2.75, 3.05) is 13.7 Å². The van der Waals surface area contributed by atoms with Gasteiger partial charge in [-0.2, -0.15) is 0 Å². The van der Waals surface area contributed by atoms with Crippen LogP contribution >= 0.6 is 0 Å². The zero-order valence-electron chi connectivity index (χ0n) is 13.1. The molecule has 0 aliphatic heterocycles. The lowest BCUT2D eigenvalue weighted by atomic mass is 10.1. The summed E-state index contributed by atoms with van der Waals surface area (Å²) in [6.45, 7) is 2.16. The van der Waals surface area contributed by atoms with E-state index in [1.54, 1.807) is 26.2 Å². The summed E-state index contributed by atoms with van der Waals surface area (Å²) in [5, 5.41) is 1.02. The third kappa shape index (κ3) is 3.16. The number of hydrogen-bond donors (Lipinski definition) is 0. The van der Waals surface area contributed by atoms with Gasteiger partial charge in [-0.25, -0.2) is 9.78 Å². The second-order valence-corrected chi connectivity index (χ2v) is 5.05. The minimum absolute atomic E-state index is 0.308. The summed E-state index contributed by atoms with van der Waals surface area (Å²) in [4.78, 5) is 16.3. The van der Waals surface area contributed by atoms with Gasteiger partial charge in [0.15, 0.2) is 0 Å². The van der Waals surface area contributed by atoms with E-state index in [9.17, 15) is 4.79 Å². The number of methoxy groups -OCH3 is 1. The highest BCUT2D eigenvalue weighted by Gasteiger charge is 2.07. The minimum atomic E-state index is -0.308. The van der Waals surface area contributed by atoms with E-state index in [4.69, 9.17) is 9.47 Å². The summed E-state index contributed by atoms with van der Waals surface area (Å²) < 4.78 is 10.2. The van der Waals surface area contributed by atoms with Crippen LogP contribution in [-0.2, 0) is 4.74 Å². The predicted molar refractivity (Wildman–Crippen MR) is 89.7 cm³/mol. The molecule has 23 heavy (non-hydrogen) atoms. The molecule has 0 amide bonds. The van der Waals surface area contributed by atoms with Crippen LogP contribution in [-0.4, -0.2) is 24.7 Å². The van der Waals surface area contributed by atoms with Crippen LogP contribution in [0.5, 0.6) is 5.75 Å².